The lowest BCUT2D eigenvalue weighted by Gasteiger charge is -2.34. The molecular formula is C16H26N2O3. The fraction of sp³-hybridized carbons (Fsp3) is 0.750. The Hall–Kier alpha value is -1.36. The number of likely N-dealkylation sites (tertiary alicyclic amines) is 1. The highest BCUT2D eigenvalue weighted by Crippen LogP contribution is 2.31. The Labute approximate surface area is 126 Å². The van der Waals surface area contributed by atoms with Crippen molar-refractivity contribution >= 4 is 5.91 Å². The monoisotopic (exact) mass is 294 g/mol. The van der Waals surface area contributed by atoms with Gasteiger partial charge in [-0.3, -0.25) is 4.79 Å². The number of carbonyl (C=O) groups excluding carboxylic acids is 1. The number of amides is 1. The second-order valence-corrected chi connectivity index (χ2v) is 6.74. The van der Waals surface area contributed by atoms with Gasteiger partial charge in [-0.25, -0.2) is 0 Å². The van der Waals surface area contributed by atoms with Crippen LogP contribution in [0.4, 0.5) is 0 Å². The molecule has 5 heteroatoms. The lowest BCUT2D eigenvalue weighted by atomic mass is 9.93. The van der Waals surface area contributed by atoms with Gasteiger partial charge >= 0.3 is 0 Å². The van der Waals surface area contributed by atoms with Crippen LogP contribution >= 0.6 is 0 Å². The smallest absolute Gasteiger partial charge is 0.223 e. The van der Waals surface area contributed by atoms with Crippen LogP contribution in [-0.4, -0.2) is 39.3 Å². The molecule has 0 bridgehead atoms. The van der Waals surface area contributed by atoms with Crippen molar-refractivity contribution in [2.75, 3.05) is 6.54 Å². The molecule has 1 aromatic rings. The van der Waals surface area contributed by atoms with Crippen LogP contribution in [0.5, 0.6) is 0 Å². The molecule has 0 aliphatic carbocycles. The minimum Gasteiger partial charge on any atom is -0.388 e. The van der Waals surface area contributed by atoms with Gasteiger partial charge in [0.2, 0.25) is 5.91 Å². The predicted molar refractivity (Wildman–Crippen MR) is 80.0 cm³/mol. The highest BCUT2D eigenvalue weighted by atomic mass is 16.5. The van der Waals surface area contributed by atoms with Gasteiger partial charge in [-0.2, -0.15) is 0 Å². The molecule has 2 rings (SSSR count). The van der Waals surface area contributed by atoms with Gasteiger partial charge in [0.1, 0.15) is 5.76 Å². The van der Waals surface area contributed by atoms with E-state index in [0.29, 0.717) is 6.42 Å². The number of hydrogen-bond acceptors (Lipinski definition) is 4. The number of rotatable bonds is 4. The lowest BCUT2D eigenvalue weighted by Crippen LogP contribution is -2.48. The summed E-state index contributed by atoms with van der Waals surface area (Å²) < 4.78 is 5.18. The van der Waals surface area contributed by atoms with Crippen molar-refractivity contribution in [2.24, 2.45) is 0 Å². The first kappa shape index (κ1) is 16.0. The number of hydrogen-bond donors (Lipinski definition) is 1. The van der Waals surface area contributed by atoms with Crippen molar-refractivity contribution < 1.29 is 14.4 Å². The van der Waals surface area contributed by atoms with Crippen molar-refractivity contribution in [2.45, 2.75) is 71.4 Å². The van der Waals surface area contributed by atoms with E-state index in [1.54, 1.807) is 13.8 Å². The predicted octanol–water partition coefficient (Wildman–Crippen LogP) is 2.55. The Morgan fingerprint density at radius 1 is 1.52 bits per heavy atom. The fourth-order valence-electron chi connectivity index (χ4n) is 3.47. The highest BCUT2D eigenvalue weighted by molar-refractivity contribution is 5.78. The van der Waals surface area contributed by atoms with Gasteiger partial charge in [-0.05, 0) is 46.5 Å². The molecule has 2 heterocycles. The van der Waals surface area contributed by atoms with Crippen LogP contribution in [0.2, 0.25) is 0 Å². The third kappa shape index (κ3) is 3.28. The molecule has 1 fully saturated rings. The number of nitrogens with zero attached hydrogens (tertiary/aromatic N) is 2. The summed E-state index contributed by atoms with van der Waals surface area (Å²) in [4.78, 5) is 14.4. The van der Waals surface area contributed by atoms with E-state index in [4.69, 9.17) is 4.52 Å². The quantitative estimate of drug-likeness (QED) is 0.926. The molecule has 1 saturated heterocycles. The molecule has 2 atom stereocenters. The first-order valence-electron chi connectivity index (χ1n) is 7.66. The molecule has 118 valence electrons. The van der Waals surface area contributed by atoms with Crippen LogP contribution in [0.15, 0.2) is 4.52 Å². The Kier molecular flexibility index (Phi) is 4.42. The minimum atomic E-state index is -0.849. The van der Waals surface area contributed by atoms with E-state index in [-0.39, 0.29) is 17.9 Å². The van der Waals surface area contributed by atoms with E-state index in [9.17, 15) is 9.90 Å². The second kappa shape index (κ2) is 5.79. The Morgan fingerprint density at radius 2 is 2.19 bits per heavy atom. The van der Waals surface area contributed by atoms with Crippen molar-refractivity contribution in [3.8, 4) is 0 Å². The Bertz CT molecular complexity index is 497. The van der Waals surface area contributed by atoms with E-state index in [0.717, 1.165) is 36.4 Å². The number of aromatic nitrogens is 1. The average Bonchev–Trinajstić information content (AvgIpc) is 2.95. The van der Waals surface area contributed by atoms with Gasteiger partial charge in [-0.15, -0.1) is 0 Å². The van der Waals surface area contributed by atoms with Crippen LogP contribution < -0.4 is 0 Å². The second-order valence-electron chi connectivity index (χ2n) is 6.74. The molecule has 0 saturated carbocycles. The molecule has 1 aliphatic rings. The van der Waals surface area contributed by atoms with Crippen molar-refractivity contribution in [1.29, 1.82) is 0 Å². The standard InChI is InChI=1S/C16H26N2O3/c1-10(15-11(2)17-21-12(15)3)9-14(19)18-8-6-7-13(18)16(4,5)20/h10,13,20H,6-9H2,1-5H3. The zero-order valence-corrected chi connectivity index (χ0v) is 13.6. The zero-order chi connectivity index (χ0) is 15.8. The number of aliphatic hydroxyl groups is 1. The number of carbonyl (C=O) groups is 1. The number of aryl methyl sites for hydroxylation is 2. The Balaban J connectivity index is 2.08. The normalized spacial score (nSPS) is 20.9. The minimum absolute atomic E-state index is 0.0757. The van der Waals surface area contributed by atoms with Crippen molar-refractivity contribution in [3.63, 3.8) is 0 Å². The van der Waals surface area contributed by atoms with Gasteiger partial charge in [0, 0.05) is 18.5 Å². The van der Waals surface area contributed by atoms with E-state index >= 15 is 0 Å². The van der Waals surface area contributed by atoms with Gasteiger partial charge in [0.15, 0.2) is 0 Å². The summed E-state index contributed by atoms with van der Waals surface area (Å²) in [6, 6.07) is -0.0816. The summed E-state index contributed by atoms with van der Waals surface area (Å²) in [6.45, 7) is 10.1. The van der Waals surface area contributed by atoms with Crippen molar-refractivity contribution in [3.05, 3.63) is 17.0 Å². The maximum absolute atomic E-state index is 12.6. The van der Waals surface area contributed by atoms with E-state index < -0.39 is 5.60 Å². The molecule has 21 heavy (non-hydrogen) atoms. The van der Waals surface area contributed by atoms with Crippen LogP contribution in [0.3, 0.4) is 0 Å². The first-order valence-corrected chi connectivity index (χ1v) is 7.66. The molecule has 1 aromatic heterocycles. The summed E-state index contributed by atoms with van der Waals surface area (Å²) in [6.07, 6.45) is 2.25. The third-order valence-electron chi connectivity index (χ3n) is 4.45. The molecule has 1 aliphatic heterocycles. The molecule has 5 nitrogen and oxygen atoms in total. The summed E-state index contributed by atoms with van der Waals surface area (Å²) in [5, 5.41) is 14.2. The SMILES string of the molecule is Cc1noc(C)c1C(C)CC(=O)N1CCCC1C(C)(C)O. The molecule has 1 N–H and O–H groups in total. The molecule has 1 amide bonds. The van der Waals surface area contributed by atoms with Crippen LogP contribution in [0, 0.1) is 13.8 Å². The largest absolute Gasteiger partial charge is 0.388 e. The molecule has 0 spiro atoms. The molecule has 0 radical (unpaired) electrons. The Morgan fingerprint density at radius 3 is 2.71 bits per heavy atom. The van der Waals surface area contributed by atoms with Gasteiger partial charge in [0.05, 0.1) is 17.3 Å². The lowest BCUT2D eigenvalue weighted by molar-refractivity contribution is -0.136. The van der Waals surface area contributed by atoms with Gasteiger partial charge in [-0.1, -0.05) is 12.1 Å². The van der Waals surface area contributed by atoms with E-state index in [1.807, 2.05) is 25.7 Å². The van der Waals surface area contributed by atoms with Crippen molar-refractivity contribution in [1.82, 2.24) is 10.1 Å². The maximum atomic E-state index is 12.6. The summed E-state index contributed by atoms with van der Waals surface area (Å²) in [5.41, 5.74) is 1.04. The van der Waals surface area contributed by atoms with Gasteiger partial charge in [0.25, 0.3) is 0 Å². The topological polar surface area (TPSA) is 66.6 Å². The van der Waals surface area contributed by atoms with E-state index in [2.05, 4.69) is 5.16 Å². The first-order chi connectivity index (χ1) is 9.71. The summed E-state index contributed by atoms with van der Waals surface area (Å²) in [5.74, 6) is 0.965. The summed E-state index contributed by atoms with van der Waals surface area (Å²) >= 11 is 0. The van der Waals surface area contributed by atoms with E-state index in [1.165, 1.54) is 0 Å². The highest BCUT2D eigenvalue weighted by Gasteiger charge is 2.38. The molecule has 0 aromatic carbocycles. The average molecular weight is 294 g/mol. The third-order valence-corrected chi connectivity index (χ3v) is 4.45. The maximum Gasteiger partial charge on any atom is 0.223 e. The van der Waals surface area contributed by atoms with Gasteiger partial charge < -0.3 is 14.5 Å². The zero-order valence-electron chi connectivity index (χ0n) is 13.6. The van der Waals surface area contributed by atoms with Crippen LogP contribution in [0.25, 0.3) is 0 Å². The van der Waals surface area contributed by atoms with Crippen LogP contribution in [-0.2, 0) is 4.79 Å². The fourth-order valence-corrected chi connectivity index (χ4v) is 3.47. The van der Waals surface area contributed by atoms with Crippen LogP contribution in [0.1, 0.15) is 63.0 Å². The molecular weight excluding hydrogens is 268 g/mol. The molecule has 2 unspecified atom stereocenters. The summed E-state index contributed by atoms with van der Waals surface area (Å²) in [7, 11) is 0.